The van der Waals surface area contributed by atoms with Crippen LogP contribution in [0.25, 0.3) is 0 Å². The van der Waals surface area contributed by atoms with Crippen LogP contribution in [0.2, 0.25) is 0 Å². The Bertz CT molecular complexity index is 462. The van der Waals surface area contributed by atoms with Crippen LogP contribution in [-0.2, 0) is 22.0 Å². The molecule has 0 N–H and O–H groups in total. The number of aryl methyl sites for hydroxylation is 2. The fourth-order valence-corrected chi connectivity index (χ4v) is 2.15. The monoisotopic (exact) mass is 256 g/mol. The first-order valence-electron chi connectivity index (χ1n) is 3.91. The molecular weight excluding hydrogens is 248 g/mol. The zero-order valence-corrected chi connectivity index (χ0v) is 9.82. The summed E-state index contributed by atoms with van der Waals surface area (Å²) < 4.78 is 22.4. The molecule has 80 valence electrons. The fraction of sp³-hybridized carbons (Fsp3) is 0.667. The van der Waals surface area contributed by atoms with Gasteiger partial charge in [0, 0.05) is 10.7 Å². The molecule has 14 heavy (non-hydrogen) atoms. The van der Waals surface area contributed by atoms with E-state index in [1.54, 1.807) is 0 Å². The third-order valence-electron chi connectivity index (χ3n) is 1.50. The topological polar surface area (TPSA) is 69.0 Å². The molecule has 0 aromatic carbocycles. The van der Waals surface area contributed by atoms with Gasteiger partial charge in [-0.15, -0.1) is 0 Å². The Kier molecular flexibility index (Phi) is 3.68. The summed E-state index contributed by atoms with van der Waals surface area (Å²) in [5.74, 6) is -0.276. The molecule has 1 heterocycles. The smallest absolute Gasteiger partial charge is 0.255 e. The van der Waals surface area contributed by atoms with Gasteiger partial charge in [-0.25, -0.2) is 13.1 Å². The van der Waals surface area contributed by atoms with Gasteiger partial charge in [0.2, 0.25) is 9.05 Å². The van der Waals surface area contributed by atoms with Gasteiger partial charge in [0.25, 0.3) is 0 Å². The highest BCUT2D eigenvalue weighted by atomic mass is 35.7. The highest BCUT2D eigenvalue weighted by Crippen LogP contribution is 2.01. The number of hydrogen-bond acceptors (Lipinski definition) is 5. The summed E-state index contributed by atoms with van der Waals surface area (Å²) in [5.41, 5.74) is 0. The van der Waals surface area contributed by atoms with Crippen molar-refractivity contribution >= 4 is 31.1 Å². The van der Waals surface area contributed by atoms with Crippen LogP contribution in [0.5, 0.6) is 0 Å². The van der Waals surface area contributed by atoms with Crippen LogP contribution in [0.15, 0.2) is 4.79 Å². The Labute approximate surface area is 89.7 Å². The molecule has 0 saturated carbocycles. The van der Waals surface area contributed by atoms with E-state index in [1.165, 1.54) is 0 Å². The largest absolute Gasteiger partial charge is 0.325 e. The van der Waals surface area contributed by atoms with E-state index < -0.39 is 9.05 Å². The summed E-state index contributed by atoms with van der Waals surface area (Å²) in [6.45, 7) is 1.89. The van der Waals surface area contributed by atoms with Crippen molar-refractivity contribution in [2.45, 2.75) is 19.9 Å². The van der Waals surface area contributed by atoms with E-state index in [2.05, 4.69) is 5.10 Å². The molecule has 1 aromatic rings. The average Bonchev–Trinajstić information content (AvgIpc) is 2.42. The molecule has 0 aliphatic carbocycles. The van der Waals surface area contributed by atoms with Gasteiger partial charge in [0.15, 0.2) is 0 Å². The minimum Gasteiger partial charge on any atom is -0.255 e. The number of rotatable bonds is 4. The molecule has 0 aliphatic heterocycles. The van der Waals surface area contributed by atoms with E-state index in [-0.39, 0.29) is 17.2 Å². The van der Waals surface area contributed by atoms with Gasteiger partial charge in [0.05, 0.1) is 12.3 Å². The van der Waals surface area contributed by atoms with Crippen molar-refractivity contribution in [3.63, 3.8) is 0 Å². The van der Waals surface area contributed by atoms with Gasteiger partial charge in [-0.05, 0) is 6.42 Å². The van der Waals surface area contributed by atoms with Crippen LogP contribution in [0, 0.1) is 0 Å². The highest BCUT2D eigenvalue weighted by molar-refractivity contribution is 8.13. The molecule has 8 heteroatoms. The molecule has 1 rings (SSSR count). The quantitative estimate of drug-likeness (QED) is 0.733. The lowest BCUT2D eigenvalue weighted by Crippen LogP contribution is -2.19. The van der Waals surface area contributed by atoms with Crippen molar-refractivity contribution in [2.24, 2.45) is 0 Å². The second-order valence-electron chi connectivity index (χ2n) is 2.58. The molecule has 0 saturated heterocycles. The van der Waals surface area contributed by atoms with Crippen molar-refractivity contribution in [2.75, 3.05) is 5.75 Å². The normalized spacial score (nSPS) is 11.9. The SMILES string of the molecule is CCc1nn(CCS(=O)(=O)Cl)c(=O)s1. The first kappa shape index (κ1) is 11.7. The molecular formula is C6H9ClN2O3S2. The summed E-state index contributed by atoms with van der Waals surface area (Å²) in [4.78, 5) is 10.9. The first-order chi connectivity index (χ1) is 6.42. The van der Waals surface area contributed by atoms with Gasteiger partial charge < -0.3 is 0 Å². The number of hydrogen-bond donors (Lipinski definition) is 0. The lowest BCUT2D eigenvalue weighted by atomic mass is 10.5. The van der Waals surface area contributed by atoms with Crippen molar-refractivity contribution < 1.29 is 8.42 Å². The molecule has 0 bridgehead atoms. The molecule has 0 atom stereocenters. The minimum atomic E-state index is -3.56. The van der Waals surface area contributed by atoms with Crippen molar-refractivity contribution in [3.05, 3.63) is 14.7 Å². The van der Waals surface area contributed by atoms with Crippen molar-refractivity contribution in [1.82, 2.24) is 9.78 Å². The number of nitrogens with zero attached hydrogens (tertiary/aromatic N) is 2. The van der Waals surface area contributed by atoms with Gasteiger partial charge >= 0.3 is 4.87 Å². The molecule has 0 radical (unpaired) electrons. The van der Waals surface area contributed by atoms with E-state index in [0.29, 0.717) is 11.4 Å². The van der Waals surface area contributed by atoms with E-state index >= 15 is 0 Å². The van der Waals surface area contributed by atoms with E-state index in [1.807, 2.05) is 6.92 Å². The number of halogens is 1. The summed E-state index contributed by atoms with van der Waals surface area (Å²) in [5, 5.41) is 4.63. The maximum atomic E-state index is 11.2. The third-order valence-corrected chi connectivity index (χ3v) is 3.62. The van der Waals surface area contributed by atoms with Crippen molar-refractivity contribution in [3.8, 4) is 0 Å². The Morgan fingerprint density at radius 3 is 2.64 bits per heavy atom. The maximum Gasteiger partial charge on any atom is 0.325 e. The first-order valence-corrected chi connectivity index (χ1v) is 7.21. The van der Waals surface area contributed by atoms with Crippen LogP contribution in [0.3, 0.4) is 0 Å². The standard InChI is InChI=1S/C6H9ClN2O3S2/c1-2-5-8-9(6(10)13-5)3-4-14(7,11)12/h2-4H2,1H3. The molecule has 0 aliphatic rings. The fourth-order valence-electron chi connectivity index (χ4n) is 0.829. The van der Waals surface area contributed by atoms with Gasteiger partial charge in [-0.3, -0.25) is 4.79 Å². The molecule has 0 unspecified atom stereocenters. The Morgan fingerprint density at radius 2 is 2.21 bits per heavy atom. The summed E-state index contributed by atoms with van der Waals surface area (Å²) in [7, 11) is 1.45. The summed E-state index contributed by atoms with van der Waals surface area (Å²) in [6.07, 6.45) is 0.667. The van der Waals surface area contributed by atoms with Crippen LogP contribution in [0.1, 0.15) is 11.9 Å². The van der Waals surface area contributed by atoms with Crippen LogP contribution in [-0.4, -0.2) is 24.0 Å². The zero-order chi connectivity index (χ0) is 10.8. The highest BCUT2D eigenvalue weighted by Gasteiger charge is 2.09. The van der Waals surface area contributed by atoms with Crippen LogP contribution < -0.4 is 4.87 Å². The van der Waals surface area contributed by atoms with Crippen LogP contribution in [0.4, 0.5) is 0 Å². The van der Waals surface area contributed by atoms with E-state index in [9.17, 15) is 13.2 Å². The molecule has 0 fully saturated rings. The molecule has 1 aromatic heterocycles. The van der Waals surface area contributed by atoms with Gasteiger partial charge in [0.1, 0.15) is 5.01 Å². The molecule has 0 amide bonds. The van der Waals surface area contributed by atoms with Crippen molar-refractivity contribution in [1.29, 1.82) is 0 Å². The predicted octanol–water partition coefficient (Wildman–Crippen LogP) is 0.436. The second kappa shape index (κ2) is 4.41. The van der Waals surface area contributed by atoms with E-state index in [0.717, 1.165) is 16.0 Å². The zero-order valence-electron chi connectivity index (χ0n) is 7.43. The van der Waals surface area contributed by atoms with Gasteiger partial charge in [-0.2, -0.15) is 5.10 Å². The summed E-state index contributed by atoms with van der Waals surface area (Å²) >= 11 is 1.02. The Hall–Kier alpha value is -0.400. The summed E-state index contributed by atoms with van der Waals surface area (Å²) in [6, 6.07) is 0. The number of aromatic nitrogens is 2. The third kappa shape index (κ3) is 3.39. The Balaban J connectivity index is 2.77. The lowest BCUT2D eigenvalue weighted by Gasteiger charge is -1.95. The van der Waals surface area contributed by atoms with E-state index in [4.69, 9.17) is 10.7 Å². The minimum absolute atomic E-state index is 0.0150. The van der Waals surface area contributed by atoms with Gasteiger partial charge in [-0.1, -0.05) is 18.3 Å². The molecule has 5 nitrogen and oxygen atoms in total. The average molecular weight is 257 g/mol. The maximum absolute atomic E-state index is 11.2. The lowest BCUT2D eigenvalue weighted by molar-refractivity contribution is 0.586. The molecule has 0 spiro atoms. The van der Waals surface area contributed by atoms with Crippen LogP contribution >= 0.6 is 22.0 Å². The second-order valence-corrected chi connectivity index (χ2v) is 6.50. The Morgan fingerprint density at radius 1 is 1.57 bits per heavy atom. The predicted molar refractivity (Wildman–Crippen MR) is 55.4 cm³/mol.